The third-order valence-corrected chi connectivity index (χ3v) is 6.29. The maximum absolute atomic E-state index is 13.1. The van der Waals surface area contributed by atoms with Crippen LogP contribution in [-0.2, 0) is 12.6 Å². The van der Waals surface area contributed by atoms with Gasteiger partial charge in [0, 0.05) is 30.8 Å². The topological polar surface area (TPSA) is 140 Å². The SMILES string of the molecule is Cc1cc(C(F)(F)F)nc(-c2ccc(OCC(O)CNCC(Cc3ccccc3)Oc3ccc(O)c(C(N)=O)c3)cc2)n1.Cl. The van der Waals surface area contributed by atoms with Crippen molar-refractivity contribution in [1.29, 1.82) is 0 Å². The Morgan fingerprint density at radius 1 is 0.977 bits per heavy atom. The minimum Gasteiger partial charge on any atom is -0.507 e. The van der Waals surface area contributed by atoms with Crippen LogP contribution in [0.1, 0.15) is 27.3 Å². The fourth-order valence-electron chi connectivity index (χ4n) is 4.22. The normalized spacial score (nSPS) is 12.6. The third-order valence-electron chi connectivity index (χ3n) is 6.29. The molecule has 9 nitrogen and oxygen atoms in total. The zero-order valence-corrected chi connectivity index (χ0v) is 24.4. The summed E-state index contributed by atoms with van der Waals surface area (Å²) in [5.74, 6) is -0.303. The van der Waals surface area contributed by atoms with E-state index in [0.29, 0.717) is 30.0 Å². The number of carbonyl (C=O) groups excluding carboxylic acids is 1. The number of benzene rings is 3. The van der Waals surface area contributed by atoms with Crippen molar-refractivity contribution in [3.8, 4) is 28.6 Å². The highest BCUT2D eigenvalue weighted by Gasteiger charge is 2.33. The molecule has 2 unspecified atom stereocenters. The highest BCUT2D eigenvalue weighted by atomic mass is 35.5. The maximum Gasteiger partial charge on any atom is 0.433 e. The molecule has 0 aliphatic carbocycles. The van der Waals surface area contributed by atoms with Crippen LogP contribution in [0.15, 0.2) is 78.9 Å². The predicted octanol–water partition coefficient (Wildman–Crippen LogP) is 4.72. The van der Waals surface area contributed by atoms with Crippen LogP contribution >= 0.6 is 12.4 Å². The summed E-state index contributed by atoms with van der Waals surface area (Å²) in [6, 6.07) is 21.0. The van der Waals surface area contributed by atoms with Crippen molar-refractivity contribution in [2.75, 3.05) is 19.7 Å². The number of amides is 1. The number of nitrogens with zero attached hydrogens (tertiary/aromatic N) is 2. The van der Waals surface area contributed by atoms with Crippen molar-refractivity contribution < 1.29 is 37.7 Å². The molecule has 0 radical (unpaired) electrons. The molecular weight excluding hydrogens is 601 g/mol. The number of nitrogens with one attached hydrogen (secondary N) is 1. The highest BCUT2D eigenvalue weighted by Crippen LogP contribution is 2.30. The Balaban J connectivity index is 0.00000529. The van der Waals surface area contributed by atoms with Crippen molar-refractivity contribution >= 4 is 18.3 Å². The first kappa shape index (κ1) is 34.1. The molecule has 0 aliphatic rings. The van der Waals surface area contributed by atoms with Crippen LogP contribution in [-0.4, -0.2) is 58.0 Å². The van der Waals surface area contributed by atoms with E-state index in [1.54, 1.807) is 24.3 Å². The summed E-state index contributed by atoms with van der Waals surface area (Å²) in [7, 11) is 0. The molecule has 44 heavy (non-hydrogen) atoms. The standard InChI is InChI=1S/C31H31F3N4O5.ClH/c1-19-13-28(31(32,33)34)38-30(37-19)21-7-9-23(10-8-21)42-18-22(39)16-36-17-25(14-20-5-3-2-4-6-20)43-24-11-12-27(40)26(15-24)29(35)41;/h2-13,15,22,25,36,39-40H,14,16-18H2,1H3,(H2,35,41);1H. The molecule has 4 aromatic rings. The minimum atomic E-state index is -4.58. The van der Waals surface area contributed by atoms with E-state index in [9.17, 15) is 28.2 Å². The lowest BCUT2D eigenvalue weighted by molar-refractivity contribution is -0.141. The number of hydrogen-bond donors (Lipinski definition) is 4. The molecule has 3 aromatic carbocycles. The van der Waals surface area contributed by atoms with E-state index in [4.69, 9.17) is 15.2 Å². The van der Waals surface area contributed by atoms with E-state index in [2.05, 4.69) is 15.3 Å². The molecule has 13 heteroatoms. The monoisotopic (exact) mass is 632 g/mol. The molecule has 1 heterocycles. The van der Waals surface area contributed by atoms with Crippen molar-refractivity contribution in [3.63, 3.8) is 0 Å². The van der Waals surface area contributed by atoms with E-state index in [1.807, 2.05) is 30.3 Å². The van der Waals surface area contributed by atoms with Crippen molar-refractivity contribution in [3.05, 3.63) is 101 Å². The van der Waals surface area contributed by atoms with Crippen LogP contribution in [0.3, 0.4) is 0 Å². The Morgan fingerprint density at radius 2 is 1.66 bits per heavy atom. The minimum absolute atomic E-state index is 0. The fourth-order valence-corrected chi connectivity index (χ4v) is 4.22. The first-order valence-corrected chi connectivity index (χ1v) is 13.4. The molecule has 5 N–H and O–H groups in total. The van der Waals surface area contributed by atoms with Gasteiger partial charge in [-0.15, -0.1) is 12.4 Å². The van der Waals surface area contributed by atoms with Gasteiger partial charge in [-0.3, -0.25) is 4.79 Å². The van der Waals surface area contributed by atoms with E-state index >= 15 is 0 Å². The Bertz CT molecular complexity index is 1530. The maximum atomic E-state index is 13.1. The number of alkyl halides is 3. The van der Waals surface area contributed by atoms with Crippen molar-refractivity contribution in [1.82, 2.24) is 15.3 Å². The van der Waals surface area contributed by atoms with Crippen molar-refractivity contribution in [2.24, 2.45) is 5.73 Å². The number of halogens is 4. The zero-order valence-electron chi connectivity index (χ0n) is 23.6. The van der Waals surface area contributed by atoms with E-state index < -0.39 is 30.0 Å². The van der Waals surface area contributed by atoms with Gasteiger partial charge in [0.15, 0.2) is 5.82 Å². The van der Waals surface area contributed by atoms with Crippen LogP contribution in [0, 0.1) is 6.92 Å². The van der Waals surface area contributed by atoms with Gasteiger partial charge in [-0.05, 0) is 61.0 Å². The van der Waals surface area contributed by atoms with Crippen LogP contribution in [0.2, 0.25) is 0 Å². The number of carbonyl (C=O) groups is 1. The Kier molecular flexibility index (Phi) is 11.9. The van der Waals surface area contributed by atoms with Crippen LogP contribution in [0.4, 0.5) is 13.2 Å². The van der Waals surface area contributed by atoms with Crippen LogP contribution in [0.25, 0.3) is 11.4 Å². The van der Waals surface area contributed by atoms with Crippen molar-refractivity contribution in [2.45, 2.75) is 31.7 Å². The summed E-state index contributed by atoms with van der Waals surface area (Å²) in [6.07, 6.45) is -5.34. The molecular formula is C31H32ClF3N4O5. The molecule has 0 fully saturated rings. The number of aromatic hydroxyl groups is 1. The number of aliphatic hydroxyl groups excluding tert-OH is 1. The first-order chi connectivity index (χ1) is 20.5. The number of aromatic nitrogens is 2. The first-order valence-electron chi connectivity index (χ1n) is 13.4. The van der Waals surface area contributed by atoms with Gasteiger partial charge in [0.1, 0.15) is 41.8 Å². The van der Waals surface area contributed by atoms with E-state index in [0.717, 1.165) is 11.6 Å². The molecule has 2 atom stereocenters. The second-order valence-corrected chi connectivity index (χ2v) is 9.84. The van der Waals surface area contributed by atoms with Gasteiger partial charge >= 0.3 is 6.18 Å². The Morgan fingerprint density at radius 3 is 2.32 bits per heavy atom. The van der Waals surface area contributed by atoms with Gasteiger partial charge in [-0.25, -0.2) is 9.97 Å². The van der Waals surface area contributed by atoms with Gasteiger partial charge < -0.3 is 30.7 Å². The number of hydrogen-bond acceptors (Lipinski definition) is 8. The molecule has 0 saturated heterocycles. The average molecular weight is 633 g/mol. The summed E-state index contributed by atoms with van der Waals surface area (Å²) in [5.41, 5.74) is 5.87. The molecule has 234 valence electrons. The summed E-state index contributed by atoms with van der Waals surface area (Å²) >= 11 is 0. The van der Waals surface area contributed by atoms with Gasteiger partial charge in [0.2, 0.25) is 0 Å². The predicted molar refractivity (Wildman–Crippen MR) is 160 cm³/mol. The number of aliphatic hydroxyl groups is 1. The number of rotatable bonds is 13. The summed E-state index contributed by atoms with van der Waals surface area (Å²) in [4.78, 5) is 19.3. The van der Waals surface area contributed by atoms with Gasteiger partial charge in [-0.2, -0.15) is 13.2 Å². The van der Waals surface area contributed by atoms with Gasteiger partial charge in [0.05, 0.1) is 5.56 Å². The van der Waals surface area contributed by atoms with E-state index in [1.165, 1.54) is 25.1 Å². The Labute approximate surface area is 258 Å². The second-order valence-electron chi connectivity index (χ2n) is 9.84. The number of ether oxygens (including phenoxy) is 2. The van der Waals surface area contributed by atoms with Gasteiger partial charge in [-0.1, -0.05) is 30.3 Å². The lowest BCUT2D eigenvalue weighted by Crippen LogP contribution is -2.38. The number of aryl methyl sites for hydroxylation is 1. The molecule has 0 aliphatic heterocycles. The molecule has 4 rings (SSSR count). The lowest BCUT2D eigenvalue weighted by atomic mass is 10.1. The molecule has 0 saturated carbocycles. The van der Waals surface area contributed by atoms with Gasteiger partial charge in [0.25, 0.3) is 5.91 Å². The average Bonchev–Trinajstić information content (AvgIpc) is 2.97. The number of primary amides is 1. The number of phenols is 1. The summed E-state index contributed by atoms with van der Waals surface area (Å²) in [5, 5.41) is 23.5. The molecule has 0 bridgehead atoms. The van der Waals surface area contributed by atoms with E-state index in [-0.39, 0.29) is 48.4 Å². The third kappa shape index (κ3) is 9.83. The van der Waals surface area contributed by atoms with Crippen LogP contribution in [0.5, 0.6) is 17.2 Å². The quantitative estimate of drug-likeness (QED) is 0.166. The highest BCUT2D eigenvalue weighted by molar-refractivity contribution is 5.95. The van der Waals surface area contributed by atoms with Crippen LogP contribution < -0.4 is 20.5 Å². The molecule has 0 spiro atoms. The lowest BCUT2D eigenvalue weighted by Gasteiger charge is -2.21. The summed E-state index contributed by atoms with van der Waals surface area (Å²) < 4.78 is 51.1. The fraction of sp³-hybridized carbons (Fsp3) is 0.258. The smallest absolute Gasteiger partial charge is 0.433 e. The molecule has 1 amide bonds. The largest absolute Gasteiger partial charge is 0.507 e. The second kappa shape index (κ2) is 15.4. The summed E-state index contributed by atoms with van der Waals surface area (Å²) in [6.45, 7) is 1.93. The Hall–Kier alpha value is -4.39. The number of nitrogens with two attached hydrogens (primary N) is 1. The zero-order chi connectivity index (χ0) is 31.0. The molecule has 1 aromatic heterocycles.